The average molecular weight is 388 g/mol. The van der Waals surface area contributed by atoms with Crippen LogP contribution in [0, 0.1) is 0 Å². The zero-order valence-corrected chi connectivity index (χ0v) is 19.1. The van der Waals surface area contributed by atoms with Crippen molar-refractivity contribution < 1.29 is 91.4 Å². The zero-order chi connectivity index (χ0) is 17.6. The van der Waals surface area contributed by atoms with E-state index in [1.165, 1.54) is 19.6 Å². The first-order chi connectivity index (χ1) is 11.7. The monoisotopic (exact) mass is 387 g/mol. The fourth-order valence-electron chi connectivity index (χ4n) is 3.49. The molecule has 0 aromatic heterocycles. The second-order valence-electron chi connectivity index (χ2n) is 6.82. The van der Waals surface area contributed by atoms with Crippen molar-refractivity contribution in [2.24, 2.45) is 0 Å². The minimum absolute atomic E-state index is 0. The Bertz CT molecular complexity index is 233. The van der Waals surface area contributed by atoms with Gasteiger partial charge in [-0.1, -0.05) is 26.4 Å². The second-order valence-corrected chi connectivity index (χ2v) is 6.82. The molecule has 1 heterocycles. The van der Waals surface area contributed by atoms with Gasteiger partial charge in [-0.05, 0) is 0 Å². The summed E-state index contributed by atoms with van der Waals surface area (Å²) in [5, 5.41) is 44.1. The zero-order valence-electron chi connectivity index (χ0n) is 15.9. The Kier molecular flexibility index (Phi) is 18.3. The minimum Gasteiger partial charge on any atom is -0.850 e. The smallest absolute Gasteiger partial charge is 0.850 e. The van der Waals surface area contributed by atoms with Crippen molar-refractivity contribution in [3.63, 3.8) is 0 Å². The van der Waals surface area contributed by atoms with E-state index in [-0.39, 0.29) is 77.8 Å². The molecular weight excluding hydrogens is 351 g/mol. The molecule has 0 atom stereocenters. The van der Waals surface area contributed by atoms with Crippen LogP contribution < -0.4 is 91.4 Å². The van der Waals surface area contributed by atoms with Crippen LogP contribution >= 0.6 is 0 Å². The van der Waals surface area contributed by atoms with E-state index in [0.717, 1.165) is 52.4 Å². The molecule has 1 saturated heterocycles. The molecule has 0 saturated carbocycles. The average Bonchev–Trinajstić information content (AvgIpc) is 2.57. The Morgan fingerprint density at radius 3 is 0.680 bits per heavy atom. The van der Waals surface area contributed by atoms with E-state index < -0.39 is 0 Å². The topological polar surface area (TPSA) is 110 Å². The van der Waals surface area contributed by atoms with Crippen LogP contribution in [-0.4, -0.2) is 105 Å². The summed E-state index contributed by atoms with van der Waals surface area (Å²) >= 11 is 0. The molecule has 25 heavy (non-hydrogen) atoms. The Morgan fingerprint density at radius 2 is 0.560 bits per heavy atom. The fraction of sp³-hybridized carbons (Fsp3) is 1.00. The summed E-state index contributed by atoms with van der Waals surface area (Å²) in [5.41, 5.74) is 0. The summed E-state index contributed by atoms with van der Waals surface area (Å²) in [7, 11) is 0. The SMILES string of the molecule is [K+].[O-]CC[NH+]1CC[NH+](CC[O-])CC[NH+](CC[O-])CC[NH+](CC[O-])CC1. The molecule has 0 radical (unpaired) electrons. The van der Waals surface area contributed by atoms with Crippen molar-refractivity contribution in [2.75, 3.05) is 105 Å². The van der Waals surface area contributed by atoms with Crippen LogP contribution in [0.3, 0.4) is 0 Å². The Balaban J connectivity index is 0.00000576. The predicted octanol–water partition coefficient (Wildman–Crippen LogP) is -14.0. The Morgan fingerprint density at radius 1 is 0.400 bits per heavy atom. The molecule has 1 aliphatic rings. The van der Waals surface area contributed by atoms with Gasteiger partial charge < -0.3 is 40.0 Å². The standard InChI is InChI=1S/C16H32N4O4.K/c21-13-9-17-1-2-18(10-14-22)5-6-20(12-16-24)8-7-19(4-3-17)11-15-23;/h1-16H2;/q-4;+1/p+4. The largest absolute Gasteiger partial charge is 1.00 e. The summed E-state index contributed by atoms with van der Waals surface area (Å²) in [4.78, 5) is 5.17. The molecule has 9 heteroatoms. The van der Waals surface area contributed by atoms with Gasteiger partial charge in [-0.25, -0.2) is 0 Å². The maximum Gasteiger partial charge on any atom is 1.00 e. The molecule has 8 nitrogen and oxygen atoms in total. The molecule has 0 unspecified atom stereocenters. The molecule has 0 spiro atoms. The summed E-state index contributed by atoms with van der Waals surface area (Å²) in [6.07, 6.45) is 0. The van der Waals surface area contributed by atoms with Crippen LogP contribution in [0.1, 0.15) is 0 Å². The number of quaternary nitrogens is 4. The van der Waals surface area contributed by atoms with E-state index in [9.17, 15) is 20.4 Å². The van der Waals surface area contributed by atoms with Crippen molar-refractivity contribution in [1.29, 1.82) is 0 Å². The molecular formula is C16H36KN4O4+. The molecule has 1 rings (SSSR count). The summed E-state index contributed by atoms with van der Waals surface area (Å²) < 4.78 is 0. The maximum atomic E-state index is 11.0. The summed E-state index contributed by atoms with van der Waals surface area (Å²) in [6.45, 7) is 9.36. The maximum absolute atomic E-state index is 11.0. The van der Waals surface area contributed by atoms with Crippen molar-refractivity contribution in [3.8, 4) is 0 Å². The van der Waals surface area contributed by atoms with E-state index >= 15 is 0 Å². The number of hydrogen-bond donors (Lipinski definition) is 4. The van der Waals surface area contributed by atoms with Crippen LogP contribution in [0.2, 0.25) is 0 Å². The van der Waals surface area contributed by atoms with Gasteiger partial charge in [0.25, 0.3) is 0 Å². The summed E-state index contributed by atoms with van der Waals surface area (Å²) in [5.74, 6) is 0. The van der Waals surface area contributed by atoms with Crippen molar-refractivity contribution in [1.82, 2.24) is 0 Å². The van der Waals surface area contributed by atoms with Crippen LogP contribution in [0.5, 0.6) is 0 Å². The number of rotatable bonds is 8. The molecule has 0 amide bonds. The molecule has 0 aromatic rings. The van der Waals surface area contributed by atoms with Crippen LogP contribution in [0.25, 0.3) is 0 Å². The number of hydrogen-bond acceptors (Lipinski definition) is 4. The first kappa shape index (κ1) is 26.3. The van der Waals surface area contributed by atoms with Crippen molar-refractivity contribution in [2.45, 2.75) is 0 Å². The molecule has 144 valence electrons. The van der Waals surface area contributed by atoms with Gasteiger partial charge >= 0.3 is 51.4 Å². The minimum atomic E-state index is -0.0788. The third-order valence-corrected chi connectivity index (χ3v) is 5.15. The summed E-state index contributed by atoms with van der Waals surface area (Å²) in [6, 6.07) is 0. The third kappa shape index (κ3) is 12.4. The molecule has 0 aliphatic carbocycles. The molecule has 1 fully saturated rings. The second kappa shape index (κ2) is 17.4. The Hall–Kier alpha value is 1.32. The van der Waals surface area contributed by atoms with Gasteiger partial charge in [0.05, 0.1) is 26.2 Å². The Labute approximate surface area is 194 Å². The van der Waals surface area contributed by atoms with Gasteiger partial charge in [0, 0.05) is 0 Å². The van der Waals surface area contributed by atoms with E-state index in [4.69, 9.17) is 0 Å². The number of nitrogens with one attached hydrogen (secondary N) is 4. The third-order valence-electron chi connectivity index (χ3n) is 5.15. The molecule has 1 aliphatic heterocycles. The van der Waals surface area contributed by atoms with Crippen LogP contribution in [0.15, 0.2) is 0 Å². The van der Waals surface area contributed by atoms with Crippen LogP contribution in [-0.2, 0) is 0 Å². The van der Waals surface area contributed by atoms with Gasteiger partial charge in [-0.3, -0.25) is 0 Å². The van der Waals surface area contributed by atoms with Gasteiger partial charge in [0.1, 0.15) is 52.4 Å². The first-order valence-corrected chi connectivity index (χ1v) is 9.40. The van der Waals surface area contributed by atoms with Crippen molar-refractivity contribution >= 4 is 0 Å². The van der Waals surface area contributed by atoms with Gasteiger partial charge in [-0.15, -0.1) is 0 Å². The van der Waals surface area contributed by atoms with Gasteiger partial charge in [-0.2, -0.15) is 0 Å². The van der Waals surface area contributed by atoms with Crippen molar-refractivity contribution in [3.05, 3.63) is 0 Å². The van der Waals surface area contributed by atoms with Crippen LogP contribution in [0.4, 0.5) is 0 Å². The molecule has 0 aromatic carbocycles. The molecule has 4 N–H and O–H groups in total. The normalized spacial score (nSPS) is 29.3. The molecule has 0 bridgehead atoms. The van der Waals surface area contributed by atoms with Gasteiger partial charge in [0.15, 0.2) is 0 Å². The van der Waals surface area contributed by atoms with E-state index in [1.807, 2.05) is 0 Å². The van der Waals surface area contributed by atoms with E-state index in [2.05, 4.69) is 0 Å². The predicted molar refractivity (Wildman–Crippen MR) is 81.7 cm³/mol. The quantitative estimate of drug-likeness (QED) is 0.310. The van der Waals surface area contributed by atoms with E-state index in [1.54, 1.807) is 0 Å². The van der Waals surface area contributed by atoms with Gasteiger partial charge in [0.2, 0.25) is 0 Å². The fourth-order valence-corrected chi connectivity index (χ4v) is 3.49. The van der Waals surface area contributed by atoms with E-state index in [0.29, 0.717) is 26.2 Å². The first-order valence-electron chi connectivity index (χ1n) is 9.40.